The van der Waals surface area contributed by atoms with Crippen molar-refractivity contribution in [2.75, 3.05) is 18.4 Å². The molecule has 2 aromatic rings. The molecule has 0 saturated carbocycles. The molecule has 0 atom stereocenters. The van der Waals surface area contributed by atoms with Crippen molar-refractivity contribution in [1.82, 2.24) is 4.31 Å². The summed E-state index contributed by atoms with van der Waals surface area (Å²) in [5.74, 6) is 0.134. The quantitative estimate of drug-likeness (QED) is 0.656. The third-order valence-corrected chi connectivity index (χ3v) is 8.37. The lowest BCUT2D eigenvalue weighted by atomic mass is 10.0. The molecule has 0 spiro atoms. The highest BCUT2D eigenvalue weighted by Crippen LogP contribution is 2.30. The molecule has 1 heterocycles. The van der Waals surface area contributed by atoms with E-state index in [1.54, 1.807) is 30.3 Å². The molecule has 0 aliphatic carbocycles. The Hall–Kier alpha value is -1.41. The maximum absolute atomic E-state index is 13.1. The van der Waals surface area contributed by atoms with Crippen molar-refractivity contribution < 1.29 is 13.2 Å². The SMILES string of the molecule is Cc1c(Cl)cccc1NC(=O)c1ccc(Br)c(S(=O)(=O)N2CCC(C)CC2)c1. The number of sulfonamides is 1. The van der Waals surface area contributed by atoms with Crippen LogP contribution in [-0.2, 0) is 10.0 Å². The van der Waals surface area contributed by atoms with Gasteiger partial charge in [-0.15, -0.1) is 0 Å². The Morgan fingerprint density at radius 1 is 1.21 bits per heavy atom. The van der Waals surface area contributed by atoms with E-state index in [0.717, 1.165) is 18.4 Å². The van der Waals surface area contributed by atoms with Gasteiger partial charge in [-0.2, -0.15) is 4.31 Å². The molecule has 1 aliphatic heterocycles. The van der Waals surface area contributed by atoms with Gasteiger partial charge in [-0.05, 0) is 77.5 Å². The van der Waals surface area contributed by atoms with Crippen LogP contribution < -0.4 is 5.32 Å². The maximum Gasteiger partial charge on any atom is 0.255 e. The lowest BCUT2D eigenvalue weighted by Crippen LogP contribution is -2.38. The van der Waals surface area contributed by atoms with Crippen LogP contribution in [0.2, 0.25) is 5.02 Å². The first-order valence-electron chi connectivity index (χ1n) is 9.06. The topological polar surface area (TPSA) is 66.5 Å². The van der Waals surface area contributed by atoms with Crippen LogP contribution in [0.1, 0.15) is 35.7 Å². The minimum atomic E-state index is -3.67. The molecule has 150 valence electrons. The second-order valence-corrected chi connectivity index (χ2v) is 10.3. The van der Waals surface area contributed by atoms with Crippen molar-refractivity contribution in [3.05, 3.63) is 57.0 Å². The third-order valence-electron chi connectivity index (χ3n) is 5.07. The van der Waals surface area contributed by atoms with Gasteiger partial charge in [0, 0.05) is 33.8 Å². The van der Waals surface area contributed by atoms with Gasteiger partial charge < -0.3 is 5.32 Å². The normalized spacial score (nSPS) is 16.1. The molecule has 1 saturated heterocycles. The Morgan fingerprint density at radius 3 is 2.57 bits per heavy atom. The van der Waals surface area contributed by atoms with Crippen molar-refractivity contribution in [2.24, 2.45) is 5.92 Å². The number of rotatable bonds is 4. The maximum atomic E-state index is 13.1. The van der Waals surface area contributed by atoms with Crippen molar-refractivity contribution in [3.63, 3.8) is 0 Å². The van der Waals surface area contributed by atoms with E-state index >= 15 is 0 Å². The first-order chi connectivity index (χ1) is 13.2. The number of carbonyl (C=O) groups excluding carboxylic acids is 1. The van der Waals surface area contributed by atoms with Gasteiger partial charge in [0.1, 0.15) is 0 Å². The molecule has 8 heteroatoms. The molecule has 1 aliphatic rings. The monoisotopic (exact) mass is 484 g/mol. The molecule has 1 amide bonds. The predicted octanol–water partition coefficient (Wildman–Crippen LogP) is 5.08. The summed E-state index contributed by atoms with van der Waals surface area (Å²) >= 11 is 9.43. The number of carbonyl (C=O) groups is 1. The number of hydrogen-bond donors (Lipinski definition) is 1. The second-order valence-electron chi connectivity index (χ2n) is 7.10. The zero-order chi connectivity index (χ0) is 20.5. The number of piperidine rings is 1. The van der Waals surface area contributed by atoms with Crippen LogP contribution in [-0.4, -0.2) is 31.7 Å². The average Bonchev–Trinajstić information content (AvgIpc) is 2.66. The van der Waals surface area contributed by atoms with Gasteiger partial charge in [0.2, 0.25) is 10.0 Å². The van der Waals surface area contributed by atoms with E-state index in [1.807, 2.05) is 6.92 Å². The molecule has 0 radical (unpaired) electrons. The fourth-order valence-corrected chi connectivity index (χ4v) is 5.74. The summed E-state index contributed by atoms with van der Waals surface area (Å²) in [7, 11) is -3.67. The Kier molecular flexibility index (Phi) is 6.49. The van der Waals surface area contributed by atoms with Crippen LogP contribution >= 0.6 is 27.5 Å². The van der Waals surface area contributed by atoms with Crippen molar-refractivity contribution in [3.8, 4) is 0 Å². The molecule has 0 bridgehead atoms. The first-order valence-corrected chi connectivity index (χ1v) is 11.7. The molecule has 1 N–H and O–H groups in total. The van der Waals surface area contributed by atoms with Crippen LogP contribution in [0.4, 0.5) is 5.69 Å². The van der Waals surface area contributed by atoms with Crippen molar-refractivity contribution in [1.29, 1.82) is 0 Å². The zero-order valence-electron chi connectivity index (χ0n) is 15.7. The van der Waals surface area contributed by atoms with Gasteiger partial charge in [0.15, 0.2) is 0 Å². The molecule has 0 aromatic heterocycles. The van der Waals surface area contributed by atoms with Gasteiger partial charge in [-0.3, -0.25) is 4.79 Å². The second kappa shape index (κ2) is 8.53. The molecular formula is C20H22BrClN2O3S. The summed E-state index contributed by atoms with van der Waals surface area (Å²) in [6.07, 6.45) is 1.68. The Bertz CT molecular complexity index is 1000. The number of halogens is 2. The fourth-order valence-electron chi connectivity index (χ4n) is 3.14. The molecule has 28 heavy (non-hydrogen) atoms. The summed E-state index contributed by atoms with van der Waals surface area (Å²) in [6, 6.07) is 9.86. The first kappa shape index (κ1) is 21.3. The highest BCUT2D eigenvalue weighted by atomic mass is 79.9. The lowest BCUT2D eigenvalue weighted by Gasteiger charge is -2.29. The standard InChI is InChI=1S/C20H22BrClN2O3S/c1-13-8-10-24(11-9-13)28(26,27)19-12-15(6-7-16(19)21)20(25)23-18-5-3-4-17(22)14(18)2/h3-7,12-13H,8-11H2,1-2H3,(H,23,25). The van der Waals surface area contributed by atoms with Gasteiger partial charge in [0.05, 0.1) is 4.90 Å². The summed E-state index contributed by atoms with van der Waals surface area (Å²) in [4.78, 5) is 12.8. The highest BCUT2D eigenvalue weighted by Gasteiger charge is 2.30. The summed E-state index contributed by atoms with van der Waals surface area (Å²) in [6.45, 7) is 4.93. The number of anilines is 1. The van der Waals surface area contributed by atoms with E-state index in [4.69, 9.17) is 11.6 Å². The number of nitrogens with zero attached hydrogens (tertiary/aromatic N) is 1. The minimum absolute atomic E-state index is 0.109. The van der Waals surface area contributed by atoms with E-state index in [2.05, 4.69) is 28.2 Å². The molecule has 3 rings (SSSR count). The Morgan fingerprint density at radius 2 is 1.89 bits per heavy atom. The zero-order valence-corrected chi connectivity index (χ0v) is 18.9. The van der Waals surface area contributed by atoms with E-state index in [9.17, 15) is 13.2 Å². The minimum Gasteiger partial charge on any atom is -0.322 e. The van der Waals surface area contributed by atoms with Crippen LogP contribution in [0.3, 0.4) is 0 Å². The van der Waals surface area contributed by atoms with Crippen LogP contribution in [0.5, 0.6) is 0 Å². The van der Waals surface area contributed by atoms with Gasteiger partial charge in [-0.25, -0.2) is 8.42 Å². The summed E-state index contributed by atoms with van der Waals surface area (Å²) < 4.78 is 28.1. The van der Waals surface area contributed by atoms with E-state index in [-0.39, 0.29) is 16.4 Å². The average molecular weight is 486 g/mol. The van der Waals surface area contributed by atoms with E-state index < -0.39 is 10.0 Å². The Labute approximate surface area is 179 Å². The van der Waals surface area contributed by atoms with Gasteiger partial charge >= 0.3 is 0 Å². The fraction of sp³-hybridized carbons (Fsp3) is 0.350. The summed E-state index contributed by atoms with van der Waals surface area (Å²) in [5.41, 5.74) is 1.62. The molecule has 2 aromatic carbocycles. The predicted molar refractivity (Wildman–Crippen MR) is 115 cm³/mol. The Balaban J connectivity index is 1.88. The number of amides is 1. The van der Waals surface area contributed by atoms with Crippen LogP contribution in [0.25, 0.3) is 0 Å². The highest BCUT2D eigenvalue weighted by molar-refractivity contribution is 9.10. The van der Waals surface area contributed by atoms with Gasteiger partial charge in [0.25, 0.3) is 5.91 Å². The largest absolute Gasteiger partial charge is 0.322 e. The number of benzene rings is 2. The van der Waals surface area contributed by atoms with Gasteiger partial charge in [-0.1, -0.05) is 24.6 Å². The lowest BCUT2D eigenvalue weighted by molar-refractivity contribution is 0.102. The van der Waals surface area contributed by atoms with E-state index in [1.165, 1.54) is 10.4 Å². The van der Waals surface area contributed by atoms with Crippen molar-refractivity contribution >= 4 is 49.1 Å². The molecule has 5 nitrogen and oxygen atoms in total. The summed E-state index contributed by atoms with van der Waals surface area (Å²) in [5, 5.41) is 3.36. The van der Waals surface area contributed by atoms with E-state index in [0.29, 0.717) is 34.2 Å². The number of nitrogens with one attached hydrogen (secondary N) is 1. The molecule has 0 unspecified atom stereocenters. The molecule has 1 fully saturated rings. The molecular weight excluding hydrogens is 464 g/mol. The van der Waals surface area contributed by atoms with Crippen LogP contribution in [0, 0.1) is 12.8 Å². The van der Waals surface area contributed by atoms with Crippen molar-refractivity contribution in [2.45, 2.75) is 31.6 Å². The number of hydrogen-bond acceptors (Lipinski definition) is 3. The smallest absolute Gasteiger partial charge is 0.255 e. The van der Waals surface area contributed by atoms with Crippen LogP contribution in [0.15, 0.2) is 45.8 Å². The third kappa shape index (κ3) is 4.43.